The van der Waals surface area contributed by atoms with Crippen molar-refractivity contribution in [3.8, 4) is 5.75 Å². The molecule has 0 saturated carbocycles. The zero-order valence-electron chi connectivity index (χ0n) is 12.7. The summed E-state index contributed by atoms with van der Waals surface area (Å²) in [5, 5.41) is 2.51. The molecule has 2 aromatic rings. The third-order valence-corrected chi connectivity index (χ3v) is 6.64. The molecule has 3 rings (SSSR count). The normalized spacial score (nSPS) is 16.0. The van der Waals surface area contributed by atoms with Crippen LogP contribution >= 0.6 is 55.8 Å². The molecule has 0 aliphatic carbocycles. The van der Waals surface area contributed by atoms with E-state index in [1.165, 1.54) is 24.3 Å². The summed E-state index contributed by atoms with van der Waals surface area (Å²) >= 11 is 12.7. The highest BCUT2D eigenvalue weighted by Crippen LogP contribution is 2.32. The molecule has 0 unspecified atom stereocenters. The molecule has 5 nitrogen and oxygen atoms in total. The Labute approximate surface area is 176 Å². The average molecular weight is 535 g/mol. The number of carbonyl (C=O) groups is 1. The summed E-state index contributed by atoms with van der Waals surface area (Å²) in [5.41, 5.74) is 0.433. The number of thiocarbonyl (C=S) groups is 1. The molecule has 0 radical (unpaired) electrons. The van der Waals surface area contributed by atoms with E-state index in [2.05, 4.69) is 37.2 Å². The molecule has 26 heavy (non-hydrogen) atoms. The molecule has 1 N–H and O–H groups in total. The Morgan fingerprint density at radius 2 is 1.73 bits per heavy atom. The first kappa shape index (κ1) is 19.6. The number of nitrogens with one attached hydrogen (secondary N) is 1. The van der Waals surface area contributed by atoms with Crippen LogP contribution in [-0.4, -0.2) is 18.6 Å². The van der Waals surface area contributed by atoms with E-state index in [0.29, 0.717) is 19.3 Å². The molecule has 0 spiro atoms. The van der Waals surface area contributed by atoms with Crippen molar-refractivity contribution >= 4 is 82.3 Å². The molecule has 1 heterocycles. The fraction of sp³-hybridized carbons (Fsp3) is 0. The highest BCUT2D eigenvalue weighted by atomic mass is 79.9. The zero-order chi connectivity index (χ0) is 18.9. The van der Waals surface area contributed by atoms with Crippen LogP contribution in [0.2, 0.25) is 0 Å². The van der Waals surface area contributed by atoms with Gasteiger partial charge in [0.25, 0.3) is 5.91 Å². The summed E-state index contributed by atoms with van der Waals surface area (Å²) in [6.07, 6.45) is 1.54. The second-order valence-electron chi connectivity index (χ2n) is 5.03. The van der Waals surface area contributed by atoms with Crippen LogP contribution < -0.4 is 9.50 Å². The molecule has 1 fully saturated rings. The van der Waals surface area contributed by atoms with E-state index >= 15 is 0 Å². The lowest BCUT2D eigenvalue weighted by molar-refractivity contribution is -0.115. The van der Waals surface area contributed by atoms with Crippen molar-refractivity contribution in [1.29, 1.82) is 0 Å². The molecule has 1 saturated heterocycles. The summed E-state index contributed by atoms with van der Waals surface area (Å²) in [6.45, 7) is 0. The van der Waals surface area contributed by atoms with Gasteiger partial charge in [-0.2, -0.15) is 8.42 Å². The molecule has 1 aliphatic rings. The third kappa shape index (κ3) is 4.55. The van der Waals surface area contributed by atoms with Crippen molar-refractivity contribution in [2.45, 2.75) is 4.90 Å². The SMILES string of the molecule is O=C1NC(=S)S/C1=C\c1cc(Br)ccc1OS(=O)(=O)c1ccc(Br)cc1. The standard InChI is InChI=1S/C16H9Br2NO4S3/c17-10-1-4-12(5-2-10)26(21,22)23-13-6-3-11(18)7-9(13)8-14-15(20)19-16(24)25-14/h1-8H,(H,19,20,24)/b14-8-. The summed E-state index contributed by atoms with van der Waals surface area (Å²) < 4.78 is 32.2. The Bertz CT molecular complexity index is 1030. The van der Waals surface area contributed by atoms with E-state index in [9.17, 15) is 13.2 Å². The Morgan fingerprint density at radius 3 is 2.35 bits per heavy atom. The Kier molecular flexibility index (Phi) is 5.88. The fourth-order valence-corrected chi connectivity index (χ4v) is 4.67. The summed E-state index contributed by atoms with van der Waals surface area (Å²) in [5.74, 6) is -0.225. The van der Waals surface area contributed by atoms with Gasteiger partial charge in [-0.3, -0.25) is 4.79 Å². The first-order valence-electron chi connectivity index (χ1n) is 6.99. The second kappa shape index (κ2) is 7.81. The molecule has 0 aromatic heterocycles. The van der Waals surface area contributed by atoms with Gasteiger partial charge in [0.2, 0.25) is 0 Å². The predicted molar refractivity (Wildman–Crippen MR) is 112 cm³/mol. The largest absolute Gasteiger partial charge is 0.378 e. The zero-order valence-corrected chi connectivity index (χ0v) is 18.4. The van der Waals surface area contributed by atoms with Crippen LogP contribution in [0.15, 0.2) is 61.2 Å². The van der Waals surface area contributed by atoms with Gasteiger partial charge in [-0.15, -0.1) is 0 Å². The molecule has 1 aliphatic heterocycles. The lowest BCUT2D eigenvalue weighted by Crippen LogP contribution is -2.17. The van der Waals surface area contributed by atoms with Gasteiger partial charge >= 0.3 is 10.1 Å². The monoisotopic (exact) mass is 533 g/mol. The number of benzene rings is 2. The van der Waals surface area contributed by atoms with Crippen molar-refractivity contribution in [2.75, 3.05) is 0 Å². The van der Waals surface area contributed by atoms with Gasteiger partial charge in [0, 0.05) is 14.5 Å². The fourth-order valence-electron chi connectivity index (χ4n) is 2.04. The number of thioether (sulfide) groups is 1. The van der Waals surface area contributed by atoms with Crippen molar-refractivity contribution in [1.82, 2.24) is 5.32 Å². The van der Waals surface area contributed by atoms with Crippen molar-refractivity contribution in [2.24, 2.45) is 0 Å². The minimum atomic E-state index is -4.02. The van der Waals surface area contributed by atoms with Gasteiger partial charge in [0.1, 0.15) is 15.0 Å². The molecular weight excluding hydrogens is 526 g/mol. The molecule has 10 heteroatoms. The lowest BCUT2D eigenvalue weighted by atomic mass is 10.2. The number of hydrogen-bond donors (Lipinski definition) is 1. The van der Waals surface area contributed by atoms with Gasteiger partial charge in [-0.1, -0.05) is 55.8 Å². The van der Waals surface area contributed by atoms with E-state index in [0.717, 1.165) is 16.2 Å². The van der Waals surface area contributed by atoms with E-state index < -0.39 is 10.1 Å². The minimum Gasteiger partial charge on any atom is -0.378 e. The van der Waals surface area contributed by atoms with Crippen molar-refractivity contribution in [3.05, 3.63) is 61.9 Å². The predicted octanol–water partition coefficient (Wildman–Crippen LogP) is 4.47. The number of amides is 1. The maximum absolute atomic E-state index is 12.5. The highest BCUT2D eigenvalue weighted by molar-refractivity contribution is 9.10. The Morgan fingerprint density at radius 1 is 1.08 bits per heavy atom. The smallest absolute Gasteiger partial charge is 0.339 e. The molecule has 0 atom stereocenters. The van der Waals surface area contributed by atoms with Gasteiger partial charge in [0.15, 0.2) is 0 Å². The first-order valence-corrected chi connectivity index (χ1v) is 11.2. The lowest BCUT2D eigenvalue weighted by Gasteiger charge is -2.10. The van der Waals surface area contributed by atoms with Crippen LogP contribution in [0.25, 0.3) is 6.08 Å². The van der Waals surface area contributed by atoms with Crippen molar-refractivity contribution in [3.63, 3.8) is 0 Å². The average Bonchev–Trinajstić information content (AvgIpc) is 2.88. The summed E-state index contributed by atoms with van der Waals surface area (Å²) in [4.78, 5) is 12.2. The maximum Gasteiger partial charge on any atom is 0.339 e. The van der Waals surface area contributed by atoms with E-state index in [-0.39, 0.29) is 16.6 Å². The van der Waals surface area contributed by atoms with Crippen molar-refractivity contribution < 1.29 is 17.4 Å². The van der Waals surface area contributed by atoms with E-state index in [1.807, 2.05) is 0 Å². The Balaban J connectivity index is 1.98. The van der Waals surface area contributed by atoms with Crippen LogP contribution in [-0.2, 0) is 14.9 Å². The van der Waals surface area contributed by atoms with Gasteiger partial charge in [-0.05, 0) is 48.5 Å². The van der Waals surface area contributed by atoms with Gasteiger partial charge < -0.3 is 9.50 Å². The van der Waals surface area contributed by atoms with Crippen LogP contribution in [0.5, 0.6) is 5.75 Å². The van der Waals surface area contributed by atoms with E-state index in [4.69, 9.17) is 16.4 Å². The third-order valence-electron chi connectivity index (χ3n) is 3.20. The molecule has 0 bridgehead atoms. The quantitative estimate of drug-likeness (QED) is 0.354. The van der Waals surface area contributed by atoms with Crippen LogP contribution in [0.4, 0.5) is 0 Å². The van der Waals surface area contributed by atoms with Crippen LogP contribution in [0.1, 0.15) is 5.56 Å². The summed E-state index contributed by atoms with van der Waals surface area (Å²) in [6, 6.07) is 10.9. The number of carbonyl (C=O) groups excluding carboxylic acids is 1. The molecule has 134 valence electrons. The summed E-state index contributed by atoms with van der Waals surface area (Å²) in [7, 11) is -4.02. The Hall–Kier alpha value is -1.20. The minimum absolute atomic E-state index is 0.0244. The number of rotatable bonds is 4. The van der Waals surface area contributed by atoms with Gasteiger partial charge in [0.05, 0.1) is 4.91 Å². The van der Waals surface area contributed by atoms with E-state index in [1.54, 1.807) is 24.3 Å². The maximum atomic E-state index is 12.5. The van der Waals surface area contributed by atoms with Crippen LogP contribution in [0, 0.1) is 0 Å². The highest BCUT2D eigenvalue weighted by Gasteiger charge is 2.24. The number of hydrogen-bond acceptors (Lipinski definition) is 6. The van der Waals surface area contributed by atoms with Gasteiger partial charge in [-0.25, -0.2) is 0 Å². The second-order valence-corrected chi connectivity index (χ2v) is 10.1. The molecule has 2 aromatic carbocycles. The van der Waals surface area contributed by atoms with Crippen LogP contribution in [0.3, 0.4) is 0 Å². The molecule has 1 amide bonds. The first-order chi connectivity index (χ1) is 12.2. The number of halogens is 2. The molecular formula is C16H9Br2NO4S3. The topological polar surface area (TPSA) is 72.5 Å².